The molecule has 23 heavy (non-hydrogen) atoms. The number of carboxylic acid groups (broad SMARTS) is 1. The number of hydrogen-bond acceptors (Lipinski definition) is 5. The van der Waals surface area contributed by atoms with Gasteiger partial charge in [0.15, 0.2) is 5.13 Å². The van der Waals surface area contributed by atoms with E-state index in [1.807, 2.05) is 31.2 Å². The molecule has 1 fully saturated rings. The van der Waals surface area contributed by atoms with Crippen molar-refractivity contribution in [3.63, 3.8) is 0 Å². The lowest BCUT2D eigenvalue weighted by molar-refractivity contribution is -0.136. The van der Waals surface area contributed by atoms with E-state index in [9.17, 15) is 9.90 Å². The van der Waals surface area contributed by atoms with Gasteiger partial charge in [0.05, 0.1) is 12.1 Å². The number of nitrogens with zero attached hydrogens (tertiary/aromatic N) is 3. The number of likely N-dealkylation sites (N-methyl/N-ethyl adjacent to an activating group) is 1. The summed E-state index contributed by atoms with van der Waals surface area (Å²) in [5.41, 5.74) is 2.98. The molecular weight excluding hydrogens is 310 g/mol. The maximum absolute atomic E-state index is 11.2. The Morgan fingerprint density at radius 2 is 1.87 bits per heavy atom. The molecule has 1 aliphatic rings. The van der Waals surface area contributed by atoms with E-state index in [-0.39, 0.29) is 6.42 Å². The van der Waals surface area contributed by atoms with Crippen molar-refractivity contribution < 1.29 is 9.90 Å². The van der Waals surface area contributed by atoms with Crippen LogP contribution in [0.5, 0.6) is 0 Å². The lowest BCUT2D eigenvalue weighted by atomic mass is 10.1. The lowest BCUT2D eigenvalue weighted by Gasteiger charge is -2.32. The topological polar surface area (TPSA) is 56.7 Å². The average molecular weight is 331 g/mol. The molecule has 0 amide bonds. The summed E-state index contributed by atoms with van der Waals surface area (Å²) < 4.78 is 0. The summed E-state index contributed by atoms with van der Waals surface area (Å²) in [6.07, 6.45) is 0.0224. The van der Waals surface area contributed by atoms with Crippen LogP contribution >= 0.6 is 11.3 Å². The zero-order valence-electron chi connectivity index (χ0n) is 13.5. The number of thiazole rings is 1. The molecule has 1 N–H and O–H groups in total. The molecule has 1 saturated heterocycles. The van der Waals surface area contributed by atoms with Gasteiger partial charge in [0.1, 0.15) is 0 Å². The molecule has 1 aliphatic heterocycles. The summed E-state index contributed by atoms with van der Waals surface area (Å²) in [5, 5.41) is 10.1. The van der Waals surface area contributed by atoms with Crippen molar-refractivity contribution in [3.05, 3.63) is 34.7 Å². The fraction of sp³-hybridized carbons (Fsp3) is 0.412. The largest absolute Gasteiger partial charge is 0.481 e. The molecular formula is C17H21N3O2S. The Hall–Kier alpha value is -1.92. The summed E-state index contributed by atoms with van der Waals surface area (Å²) in [6.45, 7) is 5.92. The molecule has 3 rings (SSSR count). The molecule has 2 aromatic rings. The Bertz CT molecular complexity index is 688. The van der Waals surface area contributed by atoms with Crippen molar-refractivity contribution in [2.75, 3.05) is 38.1 Å². The Labute approximate surface area is 140 Å². The van der Waals surface area contributed by atoms with Gasteiger partial charge in [-0.2, -0.15) is 0 Å². The highest BCUT2D eigenvalue weighted by molar-refractivity contribution is 7.16. The highest BCUT2D eigenvalue weighted by atomic mass is 32.1. The van der Waals surface area contributed by atoms with Gasteiger partial charge >= 0.3 is 5.97 Å². The van der Waals surface area contributed by atoms with E-state index in [1.54, 1.807) is 0 Å². The standard InChI is InChI=1S/C17H21N3O2S/c1-12-3-5-13(6-4-12)16-14(11-15(21)22)23-17(18-16)20-9-7-19(2)8-10-20/h3-6H,7-11H2,1-2H3,(H,21,22). The van der Waals surface area contributed by atoms with E-state index in [0.717, 1.165) is 47.4 Å². The number of aromatic nitrogens is 1. The number of piperazine rings is 1. The molecule has 0 spiro atoms. The summed E-state index contributed by atoms with van der Waals surface area (Å²) in [5.74, 6) is -0.813. The summed E-state index contributed by atoms with van der Waals surface area (Å²) in [4.78, 5) is 21.3. The third kappa shape index (κ3) is 3.71. The van der Waals surface area contributed by atoms with Crippen molar-refractivity contribution in [3.8, 4) is 11.3 Å². The van der Waals surface area contributed by atoms with Crippen molar-refractivity contribution in [1.82, 2.24) is 9.88 Å². The van der Waals surface area contributed by atoms with E-state index in [2.05, 4.69) is 16.8 Å². The summed E-state index contributed by atoms with van der Waals surface area (Å²) >= 11 is 1.51. The Kier molecular flexibility index (Phi) is 4.63. The second kappa shape index (κ2) is 6.68. The third-order valence-corrected chi connectivity index (χ3v) is 5.21. The zero-order valence-corrected chi connectivity index (χ0v) is 14.3. The molecule has 1 aromatic carbocycles. The van der Waals surface area contributed by atoms with Crippen molar-refractivity contribution in [2.24, 2.45) is 0 Å². The van der Waals surface area contributed by atoms with Crippen molar-refractivity contribution in [2.45, 2.75) is 13.3 Å². The van der Waals surface area contributed by atoms with Gasteiger partial charge < -0.3 is 14.9 Å². The van der Waals surface area contributed by atoms with E-state index in [0.29, 0.717) is 0 Å². The minimum atomic E-state index is -0.813. The van der Waals surface area contributed by atoms with Crippen LogP contribution in [0.4, 0.5) is 5.13 Å². The minimum absolute atomic E-state index is 0.0224. The summed E-state index contributed by atoms with van der Waals surface area (Å²) in [6, 6.07) is 8.11. The fourth-order valence-corrected chi connectivity index (χ4v) is 3.79. The van der Waals surface area contributed by atoms with Gasteiger partial charge in [-0.25, -0.2) is 4.98 Å². The number of rotatable bonds is 4. The van der Waals surface area contributed by atoms with Gasteiger partial charge in [0.2, 0.25) is 0 Å². The number of carbonyl (C=O) groups is 1. The molecule has 0 atom stereocenters. The van der Waals surface area contributed by atoms with Crippen LogP contribution in [0.15, 0.2) is 24.3 Å². The molecule has 6 heteroatoms. The molecule has 0 radical (unpaired) electrons. The van der Waals surface area contributed by atoms with E-state index in [4.69, 9.17) is 4.98 Å². The summed E-state index contributed by atoms with van der Waals surface area (Å²) in [7, 11) is 2.12. The molecule has 122 valence electrons. The number of aliphatic carboxylic acids is 1. The highest BCUT2D eigenvalue weighted by Crippen LogP contribution is 2.34. The van der Waals surface area contributed by atoms with E-state index >= 15 is 0 Å². The maximum atomic E-state index is 11.2. The molecule has 5 nitrogen and oxygen atoms in total. The number of hydrogen-bond donors (Lipinski definition) is 1. The maximum Gasteiger partial charge on any atom is 0.308 e. The van der Waals surface area contributed by atoms with E-state index in [1.165, 1.54) is 16.9 Å². The predicted octanol–water partition coefficient (Wildman–Crippen LogP) is 2.50. The Balaban J connectivity index is 1.93. The molecule has 0 unspecified atom stereocenters. The normalized spacial score (nSPS) is 15.8. The van der Waals surface area contributed by atoms with Crippen LogP contribution < -0.4 is 4.90 Å². The first kappa shape index (κ1) is 16.0. The van der Waals surface area contributed by atoms with Crippen LogP contribution in [0.1, 0.15) is 10.4 Å². The van der Waals surface area contributed by atoms with Gasteiger partial charge in [0.25, 0.3) is 0 Å². The molecule has 0 saturated carbocycles. The molecule has 1 aromatic heterocycles. The molecule has 0 bridgehead atoms. The first-order valence-electron chi connectivity index (χ1n) is 7.75. The number of anilines is 1. The fourth-order valence-electron chi connectivity index (χ4n) is 2.67. The van der Waals surface area contributed by atoms with Crippen molar-refractivity contribution in [1.29, 1.82) is 0 Å². The first-order valence-corrected chi connectivity index (χ1v) is 8.56. The van der Waals surface area contributed by atoms with Crippen LogP contribution in [0, 0.1) is 6.92 Å². The van der Waals surface area contributed by atoms with Gasteiger partial charge in [-0.05, 0) is 14.0 Å². The van der Waals surface area contributed by atoms with E-state index < -0.39 is 5.97 Å². The Morgan fingerprint density at radius 1 is 1.22 bits per heavy atom. The second-order valence-electron chi connectivity index (χ2n) is 6.00. The lowest BCUT2D eigenvalue weighted by Crippen LogP contribution is -2.44. The van der Waals surface area contributed by atoms with Crippen LogP contribution in [0.3, 0.4) is 0 Å². The average Bonchev–Trinajstić information content (AvgIpc) is 2.92. The van der Waals surface area contributed by atoms with Gasteiger partial charge in [-0.3, -0.25) is 4.79 Å². The third-order valence-electron chi connectivity index (χ3n) is 4.10. The SMILES string of the molecule is Cc1ccc(-c2nc(N3CCN(C)CC3)sc2CC(=O)O)cc1. The van der Waals surface area contributed by atoms with Crippen LogP contribution in [0.25, 0.3) is 11.3 Å². The molecule has 0 aliphatic carbocycles. The van der Waals surface area contributed by atoms with Crippen LogP contribution in [-0.2, 0) is 11.2 Å². The van der Waals surface area contributed by atoms with Crippen LogP contribution in [-0.4, -0.2) is 54.2 Å². The number of benzene rings is 1. The highest BCUT2D eigenvalue weighted by Gasteiger charge is 2.21. The second-order valence-corrected chi connectivity index (χ2v) is 7.06. The number of aryl methyl sites for hydroxylation is 1. The quantitative estimate of drug-likeness (QED) is 0.933. The van der Waals surface area contributed by atoms with Gasteiger partial charge in [0, 0.05) is 36.6 Å². The van der Waals surface area contributed by atoms with Crippen LogP contribution in [0.2, 0.25) is 0 Å². The Morgan fingerprint density at radius 3 is 2.48 bits per heavy atom. The zero-order chi connectivity index (χ0) is 16.4. The van der Waals surface area contributed by atoms with Gasteiger partial charge in [-0.1, -0.05) is 29.8 Å². The number of carboxylic acids is 1. The molecule has 2 heterocycles. The monoisotopic (exact) mass is 331 g/mol. The first-order chi connectivity index (χ1) is 11.0. The smallest absolute Gasteiger partial charge is 0.308 e. The van der Waals surface area contributed by atoms with Crippen molar-refractivity contribution >= 4 is 22.4 Å². The minimum Gasteiger partial charge on any atom is -0.481 e. The van der Waals surface area contributed by atoms with Gasteiger partial charge in [-0.15, -0.1) is 11.3 Å². The predicted molar refractivity (Wildman–Crippen MR) is 93.3 cm³/mol.